The van der Waals surface area contributed by atoms with Crippen LogP contribution in [0.2, 0.25) is 0 Å². The number of hydrogen-bond acceptors (Lipinski definition) is 5. The third kappa shape index (κ3) is 2.88. The number of alkyl halides is 3. The molecule has 7 rings (SSSR count). The van der Waals surface area contributed by atoms with Crippen LogP contribution in [0.3, 0.4) is 0 Å². The van der Waals surface area contributed by atoms with Crippen LogP contribution in [0.1, 0.15) is 46.8 Å². The minimum absolute atomic E-state index is 0.129. The van der Waals surface area contributed by atoms with E-state index in [0.29, 0.717) is 29.6 Å². The molecule has 0 unspecified atom stereocenters. The van der Waals surface area contributed by atoms with Crippen molar-refractivity contribution in [2.75, 3.05) is 12.3 Å². The van der Waals surface area contributed by atoms with Crippen LogP contribution in [-0.4, -0.2) is 37.8 Å². The molecule has 2 N–H and O–H groups in total. The molecule has 2 aliphatic heterocycles. The Hall–Kier alpha value is -3.89. The molecule has 1 spiro atoms. The van der Waals surface area contributed by atoms with E-state index in [1.807, 2.05) is 0 Å². The summed E-state index contributed by atoms with van der Waals surface area (Å²) in [5, 5.41) is 0. The zero-order valence-corrected chi connectivity index (χ0v) is 18.7. The molecule has 7 nitrogen and oxygen atoms in total. The Morgan fingerprint density at radius 3 is 2.69 bits per heavy atom. The van der Waals surface area contributed by atoms with Gasteiger partial charge in [0.1, 0.15) is 29.0 Å². The molecule has 184 valence electrons. The number of carbonyl (C=O) groups excluding carboxylic acids is 1. The van der Waals surface area contributed by atoms with Crippen LogP contribution in [0.5, 0.6) is 5.75 Å². The van der Waals surface area contributed by atoms with E-state index in [9.17, 15) is 18.0 Å². The molecule has 4 aromatic rings. The number of halogens is 4. The van der Waals surface area contributed by atoms with E-state index in [2.05, 4.69) is 9.97 Å². The molecule has 2 atom stereocenters. The SMILES string of the molecule is Nc1nc2cc(F)c(C(=O)N3CCC4(CC4)[C@@H]4Oc5cc(C(F)(F)F)ccc5[C@@H]43)cc2n2cncc12. The monoisotopic (exact) mass is 497 g/mol. The van der Waals surface area contributed by atoms with Gasteiger partial charge in [0.25, 0.3) is 5.91 Å². The van der Waals surface area contributed by atoms with Crippen LogP contribution in [0, 0.1) is 11.2 Å². The summed E-state index contributed by atoms with van der Waals surface area (Å²) in [5.74, 6) is -0.996. The summed E-state index contributed by atoms with van der Waals surface area (Å²) in [6.45, 7) is 0.349. The first-order chi connectivity index (χ1) is 17.2. The molecule has 3 aliphatic rings. The first-order valence-electron chi connectivity index (χ1n) is 11.6. The van der Waals surface area contributed by atoms with Gasteiger partial charge in [-0.2, -0.15) is 13.2 Å². The Balaban J connectivity index is 1.33. The van der Waals surface area contributed by atoms with E-state index in [-0.39, 0.29) is 28.1 Å². The third-order valence-electron chi connectivity index (χ3n) is 7.84. The summed E-state index contributed by atoms with van der Waals surface area (Å²) >= 11 is 0. The van der Waals surface area contributed by atoms with Crippen molar-refractivity contribution in [1.82, 2.24) is 19.3 Å². The molecule has 1 amide bonds. The summed E-state index contributed by atoms with van der Waals surface area (Å²) in [7, 11) is 0. The van der Waals surface area contributed by atoms with Gasteiger partial charge in [-0.3, -0.25) is 9.20 Å². The molecule has 0 bridgehead atoms. The number of hydrogen-bond donors (Lipinski definition) is 1. The lowest BCUT2D eigenvalue weighted by Crippen LogP contribution is -2.50. The molecule has 1 aliphatic carbocycles. The van der Waals surface area contributed by atoms with Crippen molar-refractivity contribution in [3.8, 4) is 5.75 Å². The van der Waals surface area contributed by atoms with E-state index in [1.165, 1.54) is 29.6 Å². The van der Waals surface area contributed by atoms with Gasteiger partial charge in [0, 0.05) is 23.6 Å². The molecule has 2 aromatic carbocycles. The topological polar surface area (TPSA) is 85.8 Å². The van der Waals surface area contributed by atoms with Crippen molar-refractivity contribution in [2.24, 2.45) is 5.41 Å². The molecule has 36 heavy (non-hydrogen) atoms. The summed E-state index contributed by atoms with van der Waals surface area (Å²) in [6, 6.07) is 5.37. The summed E-state index contributed by atoms with van der Waals surface area (Å²) in [6.07, 6.45) is 0.452. The van der Waals surface area contributed by atoms with Gasteiger partial charge in [-0.1, -0.05) is 6.07 Å². The number of amides is 1. The highest BCUT2D eigenvalue weighted by Crippen LogP contribution is 2.62. The lowest BCUT2D eigenvalue weighted by atomic mass is 9.82. The van der Waals surface area contributed by atoms with Crippen LogP contribution in [0.25, 0.3) is 16.6 Å². The van der Waals surface area contributed by atoms with E-state index >= 15 is 4.39 Å². The molecular weight excluding hydrogens is 478 g/mol. The molecule has 1 saturated heterocycles. The zero-order valence-electron chi connectivity index (χ0n) is 18.7. The molecule has 2 aromatic heterocycles. The average molecular weight is 497 g/mol. The highest BCUT2D eigenvalue weighted by molar-refractivity contribution is 5.99. The Morgan fingerprint density at radius 2 is 1.94 bits per heavy atom. The van der Waals surface area contributed by atoms with Crippen molar-refractivity contribution in [3.05, 3.63) is 65.4 Å². The number of piperidine rings is 1. The van der Waals surface area contributed by atoms with Gasteiger partial charge in [0.2, 0.25) is 0 Å². The van der Waals surface area contributed by atoms with Crippen molar-refractivity contribution < 1.29 is 27.1 Å². The molecule has 1 saturated carbocycles. The van der Waals surface area contributed by atoms with Gasteiger partial charge in [0.15, 0.2) is 0 Å². The number of imidazole rings is 1. The molecule has 0 radical (unpaired) electrons. The van der Waals surface area contributed by atoms with Gasteiger partial charge in [-0.15, -0.1) is 0 Å². The third-order valence-corrected chi connectivity index (χ3v) is 7.84. The minimum Gasteiger partial charge on any atom is -0.487 e. The van der Waals surface area contributed by atoms with Crippen LogP contribution < -0.4 is 10.5 Å². The quantitative estimate of drug-likeness (QED) is 0.384. The second-order valence-electron chi connectivity index (χ2n) is 9.81. The number of fused-ring (bicyclic) bond motifs is 7. The molecule has 11 heteroatoms. The van der Waals surface area contributed by atoms with E-state index < -0.39 is 35.6 Å². The van der Waals surface area contributed by atoms with Crippen LogP contribution in [0.15, 0.2) is 42.9 Å². The number of nitrogens with two attached hydrogens (primary N) is 1. The molecule has 4 heterocycles. The van der Waals surface area contributed by atoms with Crippen LogP contribution in [0.4, 0.5) is 23.4 Å². The fourth-order valence-corrected chi connectivity index (χ4v) is 5.78. The van der Waals surface area contributed by atoms with Gasteiger partial charge in [-0.25, -0.2) is 14.4 Å². The number of nitrogens with zero attached hydrogens (tertiary/aromatic N) is 4. The number of anilines is 1. The normalized spacial score (nSPS) is 22.1. The van der Waals surface area contributed by atoms with Crippen molar-refractivity contribution >= 4 is 28.3 Å². The number of likely N-dealkylation sites (tertiary alicyclic amines) is 1. The lowest BCUT2D eigenvalue weighted by Gasteiger charge is -2.41. The maximum absolute atomic E-state index is 15.3. The van der Waals surface area contributed by atoms with Crippen molar-refractivity contribution in [3.63, 3.8) is 0 Å². The minimum atomic E-state index is -4.51. The Labute approximate surface area is 201 Å². The van der Waals surface area contributed by atoms with Crippen LogP contribution in [-0.2, 0) is 6.18 Å². The first kappa shape index (κ1) is 21.4. The maximum Gasteiger partial charge on any atom is 0.416 e. The number of aromatic nitrogens is 3. The van der Waals surface area contributed by atoms with Crippen molar-refractivity contribution in [2.45, 2.75) is 37.6 Å². The highest BCUT2D eigenvalue weighted by Gasteiger charge is 2.61. The van der Waals surface area contributed by atoms with Gasteiger partial charge in [-0.05, 0) is 37.5 Å². The Bertz CT molecular complexity index is 1590. The predicted octanol–water partition coefficient (Wildman–Crippen LogP) is 4.75. The predicted molar refractivity (Wildman–Crippen MR) is 121 cm³/mol. The number of ether oxygens (including phenoxy) is 1. The number of nitrogen functional groups attached to an aromatic ring is 1. The van der Waals surface area contributed by atoms with Gasteiger partial charge in [0.05, 0.1) is 40.7 Å². The van der Waals surface area contributed by atoms with Gasteiger partial charge < -0.3 is 15.4 Å². The Morgan fingerprint density at radius 1 is 1.14 bits per heavy atom. The molecular formula is C25H19F4N5O2. The lowest BCUT2D eigenvalue weighted by molar-refractivity contribution is -0.137. The molecule has 2 fully saturated rings. The van der Waals surface area contributed by atoms with E-state index in [0.717, 1.165) is 31.0 Å². The van der Waals surface area contributed by atoms with E-state index in [4.69, 9.17) is 10.5 Å². The summed E-state index contributed by atoms with van der Waals surface area (Å²) < 4.78 is 62.9. The average Bonchev–Trinajstić information content (AvgIpc) is 3.25. The number of rotatable bonds is 1. The summed E-state index contributed by atoms with van der Waals surface area (Å²) in [4.78, 5) is 23.6. The Kier molecular flexibility index (Phi) is 4.08. The van der Waals surface area contributed by atoms with E-state index in [1.54, 1.807) is 4.40 Å². The summed E-state index contributed by atoms with van der Waals surface area (Å²) in [5.41, 5.74) is 6.59. The van der Waals surface area contributed by atoms with Crippen LogP contribution >= 0.6 is 0 Å². The largest absolute Gasteiger partial charge is 0.487 e. The first-order valence-corrected chi connectivity index (χ1v) is 11.6. The van der Waals surface area contributed by atoms with Crippen molar-refractivity contribution in [1.29, 1.82) is 0 Å². The number of carbonyl (C=O) groups is 1. The zero-order chi connectivity index (χ0) is 25.0. The smallest absolute Gasteiger partial charge is 0.416 e. The second-order valence-corrected chi connectivity index (χ2v) is 9.81. The second kappa shape index (κ2) is 6.86. The maximum atomic E-state index is 15.3. The van der Waals surface area contributed by atoms with Gasteiger partial charge >= 0.3 is 6.18 Å². The highest BCUT2D eigenvalue weighted by atomic mass is 19.4. The fraction of sp³-hybridized carbons (Fsp3) is 0.320. The standard InChI is InChI=1S/C25H19F4N5O2/c26-15-9-16-17(34-11-31-10-18(34)22(30)32-16)8-14(15)23(35)33-6-5-24(3-4-24)21-20(33)13-2-1-12(25(27,28)29)7-19(13)36-21/h1-2,7-11,20-21H,3-6H2,(H2,30,32)/t20-,21+/m0/s1. The number of benzene rings is 2. The fourth-order valence-electron chi connectivity index (χ4n) is 5.78.